The molecule has 2 aromatic heterocycles. The molecule has 2 aromatic rings. The van der Waals surface area contributed by atoms with Gasteiger partial charge < -0.3 is 9.88 Å². The van der Waals surface area contributed by atoms with Gasteiger partial charge in [0.1, 0.15) is 17.6 Å². The number of hydrogen-bond donors (Lipinski definition) is 1. The van der Waals surface area contributed by atoms with Gasteiger partial charge in [-0.15, -0.1) is 0 Å². The second kappa shape index (κ2) is 4.03. The molecule has 0 aliphatic heterocycles. The van der Waals surface area contributed by atoms with Crippen molar-refractivity contribution in [3.8, 4) is 17.6 Å². The molecular formula is C11H11N5. The smallest absolute Gasteiger partial charge is 0.179 e. The third-order valence-electron chi connectivity index (χ3n) is 2.12. The van der Waals surface area contributed by atoms with E-state index in [2.05, 4.69) is 15.0 Å². The highest BCUT2D eigenvalue weighted by atomic mass is 15.2. The van der Waals surface area contributed by atoms with E-state index in [-0.39, 0.29) is 0 Å². The number of anilines is 1. The van der Waals surface area contributed by atoms with E-state index in [0.717, 1.165) is 11.5 Å². The van der Waals surface area contributed by atoms with Crippen LogP contribution in [0, 0.1) is 11.3 Å². The van der Waals surface area contributed by atoms with Crippen molar-refractivity contribution in [2.24, 2.45) is 0 Å². The number of hydrogen-bond acceptors (Lipinski definition) is 4. The minimum Gasteiger partial charge on any atom is -0.363 e. The third-order valence-corrected chi connectivity index (χ3v) is 2.12. The van der Waals surface area contributed by atoms with Crippen LogP contribution in [0.5, 0.6) is 0 Å². The fraction of sp³-hybridized carbons (Fsp3) is 0.182. The van der Waals surface area contributed by atoms with Gasteiger partial charge in [0.25, 0.3) is 0 Å². The van der Waals surface area contributed by atoms with Gasteiger partial charge in [-0.2, -0.15) is 5.26 Å². The van der Waals surface area contributed by atoms with Gasteiger partial charge in [-0.25, -0.2) is 9.97 Å². The number of aromatic nitrogens is 3. The van der Waals surface area contributed by atoms with Crippen molar-refractivity contribution in [3.05, 3.63) is 30.1 Å². The lowest BCUT2D eigenvalue weighted by Crippen LogP contribution is -2.12. The largest absolute Gasteiger partial charge is 0.363 e. The molecule has 80 valence electrons. The van der Waals surface area contributed by atoms with Crippen molar-refractivity contribution in [3.63, 3.8) is 0 Å². The van der Waals surface area contributed by atoms with Crippen LogP contribution in [0.25, 0.3) is 11.5 Å². The molecule has 0 bridgehead atoms. The van der Waals surface area contributed by atoms with E-state index >= 15 is 0 Å². The van der Waals surface area contributed by atoms with Crippen molar-refractivity contribution >= 4 is 5.82 Å². The van der Waals surface area contributed by atoms with E-state index in [1.165, 1.54) is 0 Å². The first kappa shape index (κ1) is 10.2. The molecule has 0 radical (unpaired) electrons. The minimum absolute atomic E-state index is 0.364. The lowest BCUT2D eigenvalue weighted by atomic mass is 10.3. The highest BCUT2D eigenvalue weighted by Crippen LogP contribution is 2.17. The molecule has 16 heavy (non-hydrogen) atoms. The summed E-state index contributed by atoms with van der Waals surface area (Å²) in [6, 6.07) is 7.43. The van der Waals surface area contributed by atoms with Gasteiger partial charge in [0, 0.05) is 26.4 Å². The van der Waals surface area contributed by atoms with Crippen molar-refractivity contribution in [2.75, 3.05) is 19.0 Å². The Kier molecular flexibility index (Phi) is 2.56. The number of nitrogens with one attached hydrogen (secondary N) is 1. The van der Waals surface area contributed by atoms with Gasteiger partial charge in [0.2, 0.25) is 0 Å². The molecule has 0 saturated carbocycles. The van der Waals surface area contributed by atoms with E-state index in [9.17, 15) is 0 Å². The summed E-state index contributed by atoms with van der Waals surface area (Å²) in [4.78, 5) is 13.4. The van der Waals surface area contributed by atoms with Crippen LogP contribution in [0.1, 0.15) is 5.69 Å². The molecule has 0 aliphatic carbocycles. The summed E-state index contributed by atoms with van der Waals surface area (Å²) in [6.45, 7) is 0. The van der Waals surface area contributed by atoms with Gasteiger partial charge in [-0.3, -0.25) is 0 Å². The zero-order valence-electron chi connectivity index (χ0n) is 9.10. The van der Waals surface area contributed by atoms with E-state index in [0.29, 0.717) is 11.5 Å². The molecule has 0 fully saturated rings. The molecule has 5 heteroatoms. The first-order chi connectivity index (χ1) is 7.70. The summed E-state index contributed by atoms with van der Waals surface area (Å²) < 4.78 is 0. The molecule has 0 amide bonds. The molecule has 0 spiro atoms. The molecular weight excluding hydrogens is 202 g/mol. The standard InChI is InChI=1S/C11H11N5/c1-16(2)10-6-8(7-12)14-11(15-10)9-4-3-5-13-9/h3-6,13H,1-2H3. The Morgan fingerprint density at radius 1 is 1.38 bits per heavy atom. The second-order valence-corrected chi connectivity index (χ2v) is 3.53. The molecule has 2 heterocycles. The summed E-state index contributed by atoms with van der Waals surface area (Å²) in [6.07, 6.45) is 1.80. The Balaban J connectivity index is 2.55. The quantitative estimate of drug-likeness (QED) is 0.818. The van der Waals surface area contributed by atoms with E-state index < -0.39 is 0 Å². The zero-order chi connectivity index (χ0) is 11.5. The maximum atomic E-state index is 8.90. The van der Waals surface area contributed by atoms with Crippen LogP contribution in [-0.4, -0.2) is 29.0 Å². The first-order valence-corrected chi connectivity index (χ1v) is 4.81. The fourth-order valence-electron chi connectivity index (χ4n) is 1.31. The highest BCUT2D eigenvalue weighted by Gasteiger charge is 2.08. The Morgan fingerprint density at radius 3 is 2.75 bits per heavy atom. The average molecular weight is 213 g/mol. The number of H-pyrrole nitrogens is 1. The van der Waals surface area contributed by atoms with E-state index in [4.69, 9.17) is 5.26 Å². The highest BCUT2D eigenvalue weighted by molar-refractivity contribution is 5.55. The lowest BCUT2D eigenvalue weighted by molar-refractivity contribution is 1.03. The van der Waals surface area contributed by atoms with Gasteiger partial charge in [0.15, 0.2) is 5.82 Å². The van der Waals surface area contributed by atoms with Crippen LogP contribution in [0.3, 0.4) is 0 Å². The SMILES string of the molecule is CN(C)c1cc(C#N)nc(-c2ccc[nH]2)n1. The van der Waals surface area contributed by atoms with Gasteiger partial charge in [0.05, 0.1) is 5.69 Å². The Morgan fingerprint density at radius 2 is 2.19 bits per heavy atom. The van der Waals surface area contributed by atoms with E-state index in [1.54, 1.807) is 12.3 Å². The van der Waals surface area contributed by atoms with Crippen LogP contribution in [0.2, 0.25) is 0 Å². The maximum Gasteiger partial charge on any atom is 0.179 e. The summed E-state index contributed by atoms with van der Waals surface area (Å²) in [5, 5.41) is 8.90. The summed E-state index contributed by atoms with van der Waals surface area (Å²) in [7, 11) is 3.75. The molecule has 0 unspecified atom stereocenters. The molecule has 0 atom stereocenters. The molecule has 0 saturated heterocycles. The Hall–Kier alpha value is -2.35. The van der Waals surface area contributed by atoms with Crippen molar-refractivity contribution in [2.45, 2.75) is 0 Å². The van der Waals surface area contributed by atoms with E-state index in [1.807, 2.05) is 37.2 Å². The van der Waals surface area contributed by atoms with Crippen LogP contribution >= 0.6 is 0 Å². The van der Waals surface area contributed by atoms with Crippen LogP contribution in [0.15, 0.2) is 24.4 Å². The van der Waals surface area contributed by atoms with Gasteiger partial charge in [-0.05, 0) is 12.1 Å². The lowest BCUT2D eigenvalue weighted by Gasteiger charge is -2.11. The van der Waals surface area contributed by atoms with Gasteiger partial charge in [-0.1, -0.05) is 0 Å². The monoisotopic (exact) mass is 213 g/mol. The molecule has 1 N–H and O–H groups in total. The van der Waals surface area contributed by atoms with Crippen LogP contribution in [-0.2, 0) is 0 Å². The summed E-state index contributed by atoms with van der Waals surface area (Å²) >= 11 is 0. The van der Waals surface area contributed by atoms with Crippen LogP contribution < -0.4 is 4.90 Å². The predicted molar refractivity (Wildman–Crippen MR) is 60.9 cm³/mol. The molecule has 2 rings (SSSR count). The second-order valence-electron chi connectivity index (χ2n) is 3.53. The molecule has 0 aliphatic rings. The van der Waals surface area contributed by atoms with Crippen LogP contribution in [0.4, 0.5) is 5.82 Å². The van der Waals surface area contributed by atoms with Crippen molar-refractivity contribution < 1.29 is 0 Å². The number of nitrogens with zero attached hydrogens (tertiary/aromatic N) is 4. The first-order valence-electron chi connectivity index (χ1n) is 4.81. The molecule has 5 nitrogen and oxygen atoms in total. The average Bonchev–Trinajstić information content (AvgIpc) is 2.81. The minimum atomic E-state index is 0.364. The number of aromatic amines is 1. The number of nitriles is 1. The topological polar surface area (TPSA) is 68.6 Å². The normalized spacial score (nSPS) is 9.81. The summed E-state index contributed by atoms with van der Waals surface area (Å²) in [5.41, 5.74) is 1.17. The predicted octanol–water partition coefficient (Wildman–Crippen LogP) is 1.41. The Bertz CT molecular complexity index is 522. The zero-order valence-corrected chi connectivity index (χ0v) is 9.10. The summed E-state index contributed by atoms with van der Waals surface area (Å²) in [5.74, 6) is 1.25. The number of rotatable bonds is 2. The maximum absolute atomic E-state index is 8.90. The molecule has 0 aromatic carbocycles. The van der Waals surface area contributed by atoms with Crippen molar-refractivity contribution in [1.29, 1.82) is 5.26 Å². The Labute approximate surface area is 93.4 Å². The van der Waals surface area contributed by atoms with Crippen molar-refractivity contribution in [1.82, 2.24) is 15.0 Å². The fourth-order valence-corrected chi connectivity index (χ4v) is 1.31. The van der Waals surface area contributed by atoms with Gasteiger partial charge >= 0.3 is 0 Å². The third kappa shape index (κ3) is 1.86.